The highest BCUT2D eigenvalue weighted by Crippen LogP contribution is 2.27. The van der Waals surface area contributed by atoms with Crippen molar-refractivity contribution in [3.8, 4) is 0 Å². The van der Waals surface area contributed by atoms with Gasteiger partial charge in [-0.3, -0.25) is 0 Å². The van der Waals surface area contributed by atoms with Crippen LogP contribution in [0.15, 0.2) is 18.2 Å². The fraction of sp³-hybridized carbons (Fsp3) is 0.182. The third kappa shape index (κ3) is 1.49. The Morgan fingerprint density at radius 1 is 1.40 bits per heavy atom. The Hall–Kier alpha value is -1.48. The molecule has 78 valence electrons. The normalized spacial score (nSPS) is 10.9. The van der Waals surface area contributed by atoms with Crippen molar-refractivity contribution in [1.82, 2.24) is 4.57 Å². The van der Waals surface area contributed by atoms with Crippen LogP contribution in [0, 0.1) is 6.92 Å². The van der Waals surface area contributed by atoms with Crippen LogP contribution in [0.3, 0.4) is 0 Å². The number of aromatic nitrogens is 1. The SMILES string of the molecule is Cc1cc(Cl)c2c(c1)cc(C(=O)O)n2C. The Kier molecular flexibility index (Phi) is 2.20. The van der Waals surface area contributed by atoms with Gasteiger partial charge in [0, 0.05) is 12.4 Å². The predicted molar refractivity (Wildman–Crippen MR) is 59.6 cm³/mol. The molecule has 0 atom stereocenters. The number of hydrogen-bond acceptors (Lipinski definition) is 1. The Labute approximate surface area is 91.9 Å². The number of carboxylic acids is 1. The second-order valence-corrected chi connectivity index (χ2v) is 3.99. The highest BCUT2D eigenvalue weighted by molar-refractivity contribution is 6.35. The van der Waals surface area contributed by atoms with Gasteiger partial charge in [-0.25, -0.2) is 4.79 Å². The Balaban J connectivity index is 2.88. The van der Waals surface area contributed by atoms with Crippen molar-refractivity contribution in [3.63, 3.8) is 0 Å². The van der Waals surface area contributed by atoms with Gasteiger partial charge in [-0.05, 0) is 30.7 Å². The first kappa shape index (κ1) is 10.1. The lowest BCUT2D eigenvalue weighted by Crippen LogP contribution is -2.03. The summed E-state index contributed by atoms with van der Waals surface area (Å²) in [7, 11) is 1.70. The molecule has 0 aliphatic carbocycles. The number of hydrogen-bond donors (Lipinski definition) is 1. The van der Waals surface area contributed by atoms with Crippen molar-refractivity contribution in [2.24, 2.45) is 7.05 Å². The minimum atomic E-state index is -0.942. The van der Waals surface area contributed by atoms with E-state index in [1.54, 1.807) is 17.7 Å². The highest BCUT2D eigenvalue weighted by Gasteiger charge is 2.14. The molecule has 1 heterocycles. The minimum absolute atomic E-state index is 0.248. The van der Waals surface area contributed by atoms with Crippen LogP contribution in [-0.4, -0.2) is 15.6 Å². The molecule has 1 aromatic heterocycles. The molecule has 0 unspecified atom stereocenters. The van der Waals surface area contributed by atoms with E-state index in [1.807, 2.05) is 19.1 Å². The standard InChI is InChI=1S/C11H10ClNO2/c1-6-3-7-5-9(11(14)15)13(2)10(7)8(12)4-6/h3-5H,1-2H3,(H,14,15). The lowest BCUT2D eigenvalue weighted by Gasteiger charge is -2.02. The monoisotopic (exact) mass is 223 g/mol. The summed E-state index contributed by atoms with van der Waals surface area (Å²) in [6.07, 6.45) is 0. The van der Waals surface area contributed by atoms with Crippen molar-refractivity contribution >= 4 is 28.5 Å². The number of carboxylic acid groups (broad SMARTS) is 1. The summed E-state index contributed by atoms with van der Waals surface area (Å²) in [5, 5.41) is 10.4. The van der Waals surface area contributed by atoms with Crippen LogP contribution >= 0.6 is 11.6 Å². The van der Waals surface area contributed by atoms with Crippen LogP contribution in [-0.2, 0) is 7.05 Å². The maximum absolute atomic E-state index is 10.9. The molecule has 0 aliphatic heterocycles. The molecule has 0 radical (unpaired) electrons. The van der Waals surface area contributed by atoms with Crippen LogP contribution in [0.25, 0.3) is 10.9 Å². The van der Waals surface area contributed by atoms with Crippen LogP contribution in [0.5, 0.6) is 0 Å². The average Bonchev–Trinajstić information content (AvgIpc) is 2.42. The predicted octanol–water partition coefficient (Wildman–Crippen LogP) is 2.84. The quantitative estimate of drug-likeness (QED) is 0.808. The van der Waals surface area contributed by atoms with E-state index in [-0.39, 0.29) is 5.69 Å². The number of nitrogens with zero attached hydrogens (tertiary/aromatic N) is 1. The van der Waals surface area contributed by atoms with Crippen molar-refractivity contribution in [2.45, 2.75) is 6.92 Å². The van der Waals surface area contributed by atoms with Crippen molar-refractivity contribution in [2.75, 3.05) is 0 Å². The molecule has 0 spiro atoms. The van der Waals surface area contributed by atoms with E-state index < -0.39 is 5.97 Å². The van der Waals surface area contributed by atoms with Crippen molar-refractivity contribution in [3.05, 3.63) is 34.5 Å². The molecule has 0 saturated carbocycles. The van der Waals surface area contributed by atoms with Gasteiger partial charge in [0.25, 0.3) is 0 Å². The van der Waals surface area contributed by atoms with E-state index in [0.29, 0.717) is 5.02 Å². The Morgan fingerprint density at radius 3 is 2.67 bits per heavy atom. The lowest BCUT2D eigenvalue weighted by molar-refractivity contribution is 0.0687. The Morgan fingerprint density at radius 2 is 2.07 bits per heavy atom. The molecule has 1 N–H and O–H groups in total. The van der Waals surface area contributed by atoms with Gasteiger partial charge in [-0.1, -0.05) is 11.6 Å². The zero-order valence-electron chi connectivity index (χ0n) is 8.41. The maximum atomic E-state index is 10.9. The van der Waals surface area contributed by atoms with E-state index in [2.05, 4.69) is 0 Å². The molecule has 2 aromatic rings. The molecule has 1 aromatic carbocycles. The molecule has 0 saturated heterocycles. The smallest absolute Gasteiger partial charge is 0.352 e. The van der Waals surface area contributed by atoms with E-state index in [4.69, 9.17) is 16.7 Å². The van der Waals surface area contributed by atoms with E-state index in [1.165, 1.54) is 0 Å². The van der Waals surface area contributed by atoms with Crippen LogP contribution in [0.2, 0.25) is 5.02 Å². The molecular formula is C11H10ClNO2. The third-order valence-electron chi connectivity index (χ3n) is 2.45. The first-order valence-corrected chi connectivity index (χ1v) is 4.87. The van der Waals surface area contributed by atoms with Crippen LogP contribution in [0.4, 0.5) is 0 Å². The number of halogens is 1. The summed E-state index contributed by atoms with van der Waals surface area (Å²) < 4.78 is 1.60. The van der Waals surface area contributed by atoms with Gasteiger partial charge in [0.1, 0.15) is 5.69 Å². The number of rotatable bonds is 1. The highest BCUT2D eigenvalue weighted by atomic mass is 35.5. The largest absolute Gasteiger partial charge is 0.477 e. The van der Waals surface area contributed by atoms with Crippen molar-refractivity contribution < 1.29 is 9.90 Å². The number of aryl methyl sites for hydroxylation is 2. The second-order valence-electron chi connectivity index (χ2n) is 3.58. The fourth-order valence-electron chi connectivity index (χ4n) is 1.80. The summed E-state index contributed by atoms with van der Waals surface area (Å²) in [4.78, 5) is 10.9. The molecule has 0 amide bonds. The maximum Gasteiger partial charge on any atom is 0.352 e. The summed E-state index contributed by atoms with van der Waals surface area (Å²) in [6.45, 7) is 1.93. The number of benzene rings is 1. The molecular weight excluding hydrogens is 214 g/mol. The molecule has 4 heteroatoms. The molecule has 2 rings (SSSR count). The number of carbonyl (C=O) groups is 1. The lowest BCUT2D eigenvalue weighted by atomic mass is 10.2. The fourth-order valence-corrected chi connectivity index (χ4v) is 2.20. The van der Waals surface area contributed by atoms with Gasteiger partial charge in [0.2, 0.25) is 0 Å². The third-order valence-corrected chi connectivity index (χ3v) is 2.73. The minimum Gasteiger partial charge on any atom is -0.477 e. The molecule has 15 heavy (non-hydrogen) atoms. The Bertz CT molecular complexity index is 557. The van der Waals surface area contributed by atoms with Crippen molar-refractivity contribution in [1.29, 1.82) is 0 Å². The van der Waals surface area contributed by atoms with Gasteiger partial charge in [0.05, 0.1) is 10.5 Å². The second kappa shape index (κ2) is 3.28. The van der Waals surface area contributed by atoms with E-state index in [9.17, 15) is 4.79 Å². The summed E-state index contributed by atoms with van der Waals surface area (Å²) in [5.41, 5.74) is 2.03. The molecule has 3 nitrogen and oxygen atoms in total. The number of fused-ring (bicyclic) bond motifs is 1. The molecule has 0 bridgehead atoms. The van der Waals surface area contributed by atoms with Gasteiger partial charge in [-0.15, -0.1) is 0 Å². The van der Waals surface area contributed by atoms with E-state index >= 15 is 0 Å². The topological polar surface area (TPSA) is 42.2 Å². The van der Waals surface area contributed by atoms with Gasteiger partial charge >= 0.3 is 5.97 Å². The van der Waals surface area contributed by atoms with Crippen LogP contribution < -0.4 is 0 Å². The van der Waals surface area contributed by atoms with Gasteiger partial charge in [-0.2, -0.15) is 0 Å². The molecule has 0 aliphatic rings. The summed E-state index contributed by atoms with van der Waals surface area (Å²) >= 11 is 6.07. The zero-order chi connectivity index (χ0) is 11.2. The first-order valence-electron chi connectivity index (χ1n) is 4.49. The zero-order valence-corrected chi connectivity index (χ0v) is 9.17. The van der Waals surface area contributed by atoms with Gasteiger partial charge in [0.15, 0.2) is 0 Å². The summed E-state index contributed by atoms with van der Waals surface area (Å²) in [5.74, 6) is -0.942. The van der Waals surface area contributed by atoms with E-state index in [0.717, 1.165) is 16.5 Å². The van der Waals surface area contributed by atoms with Gasteiger partial charge < -0.3 is 9.67 Å². The average molecular weight is 224 g/mol. The first-order chi connectivity index (χ1) is 7.00. The van der Waals surface area contributed by atoms with Crippen LogP contribution in [0.1, 0.15) is 16.1 Å². The molecule has 0 fully saturated rings. The summed E-state index contributed by atoms with van der Waals surface area (Å²) in [6, 6.07) is 5.39. The number of aromatic carboxylic acids is 1.